The van der Waals surface area contributed by atoms with Crippen molar-refractivity contribution in [3.05, 3.63) is 11.3 Å². The molecule has 1 aliphatic heterocycles. The second-order valence-electron chi connectivity index (χ2n) is 8.48. The molecule has 0 aromatic carbocycles. The molecule has 2 rings (SSSR count). The van der Waals surface area contributed by atoms with Gasteiger partial charge in [0, 0.05) is 20.0 Å². The second kappa shape index (κ2) is 7.02. The van der Waals surface area contributed by atoms with Crippen LogP contribution in [0.15, 0.2) is 11.3 Å². The Morgan fingerprint density at radius 2 is 2.04 bits per heavy atom. The predicted octanol–water partition coefficient (Wildman–Crippen LogP) is 3.11. The highest BCUT2D eigenvalue weighted by Crippen LogP contribution is 2.50. The van der Waals surface area contributed by atoms with Gasteiger partial charge in [0.15, 0.2) is 6.29 Å². The van der Waals surface area contributed by atoms with Crippen LogP contribution in [0.25, 0.3) is 0 Å². The number of ether oxygens (including phenoxy) is 3. The number of aliphatic hydroxyl groups is 1. The highest BCUT2D eigenvalue weighted by molar-refractivity contribution is 6.74. The number of fused-ring (bicyclic) bond motifs is 1. The van der Waals surface area contributed by atoms with E-state index in [0.717, 1.165) is 5.57 Å². The Labute approximate surface area is 151 Å². The van der Waals surface area contributed by atoms with Gasteiger partial charge in [-0.3, -0.25) is 4.79 Å². The smallest absolute Gasteiger partial charge is 0.310 e. The molecule has 0 radical (unpaired) electrons. The van der Waals surface area contributed by atoms with Crippen LogP contribution in [0.4, 0.5) is 0 Å². The zero-order valence-electron chi connectivity index (χ0n) is 16.5. The van der Waals surface area contributed by atoms with Crippen molar-refractivity contribution in [2.75, 3.05) is 13.7 Å². The van der Waals surface area contributed by atoms with Gasteiger partial charge in [-0.2, -0.15) is 0 Å². The van der Waals surface area contributed by atoms with Crippen LogP contribution < -0.4 is 0 Å². The van der Waals surface area contributed by atoms with E-state index in [9.17, 15) is 9.90 Å². The minimum atomic E-state index is -2.15. The van der Waals surface area contributed by atoms with Crippen LogP contribution in [-0.4, -0.2) is 51.1 Å². The Morgan fingerprint density at radius 1 is 1.40 bits per heavy atom. The van der Waals surface area contributed by atoms with Gasteiger partial charge in [0.05, 0.1) is 13.0 Å². The van der Waals surface area contributed by atoms with Crippen molar-refractivity contribution in [1.82, 2.24) is 0 Å². The summed E-state index contributed by atoms with van der Waals surface area (Å²) in [4.78, 5) is 12.0. The highest BCUT2D eigenvalue weighted by atomic mass is 28.4. The molecule has 0 amide bonds. The van der Waals surface area contributed by atoms with E-state index in [1.54, 1.807) is 14.0 Å². The predicted molar refractivity (Wildman–Crippen MR) is 96.4 cm³/mol. The topological polar surface area (TPSA) is 74.2 Å². The molecule has 0 aromatic rings. The molecule has 0 spiro atoms. The van der Waals surface area contributed by atoms with E-state index < -0.39 is 26.3 Å². The van der Waals surface area contributed by atoms with Gasteiger partial charge in [0.25, 0.3) is 0 Å². The molecule has 25 heavy (non-hydrogen) atoms. The number of rotatable bonds is 6. The molecule has 1 saturated heterocycles. The molecular formula is C18H32O6Si. The summed E-state index contributed by atoms with van der Waals surface area (Å²) in [7, 11) is -0.586. The van der Waals surface area contributed by atoms with Crippen molar-refractivity contribution in [1.29, 1.82) is 0 Å². The molecule has 1 aliphatic carbocycles. The Bertz CT molecular complexity index is 550. The third-order valence-corrected chi connectivity index (χ3v) is 9.84. The first kappa shape index (κ1) is 20.4. The zero-order chi connectivity index (χ0) is 19.0. The van der Waals surface area contributed by atoms with Gasteiger partial charge >= 0.3 is 5.97 Å². The summed E-state index contributed by atoms with van der Waals surface area (Å²) in [6.45, 7) is 12.9. The minimum absolute atomic E-state index is 0.00496. The summed E-state index contributed by atoms with van der Waals surface area (Å²) >= 11 is 0. The lowest BCUT2D eigenvalue weighted by Gasteiger charge is -2.38. The normalized spacial score (nSPS) is 29.8. The molecular weight excluding hydrogens is 340 g/mol. The summed E-state index contributed by atoms with van der Waals surface area (Å²) in [5.41, 5.74) is -0.300. The van der Waals surface area contributed by atoms with Gasteiger partial charge < -0.3 is 23.7 Å². The Balaban J connectivity index is 2.33. The molecule has 0 bridgehead atoms. The lowest BCUT2D eigenvalue weighted by Crippen LogP contribution is -2.43. The molecule has 2 aliphatic rings. The van der Waals surface area contributed by atoms with Crippen LogP contribution in [0.5, 0.6) is 0 Å². The highest BCUT2D eigenvalue weighted by Gasteiger charge is 2.57. The third kappa shape index (κ3) is 4.10. The van der Waals surface area contributed by atoms with Gasteiger partial charge in [0.2, 0.25) is 8.32 Å². The van der Waals surface area contributed by atoms with Crippen molar-refractivity contribution < 1.29 is 28.5 Å². The first-order valence-electron chi connectivity index (χ1n) is 8.90. The van der Waals surface area contributed by atoms with E-state index in [4.69, 9.17) is 18.6 Å². The number of hydrogen-bond acceptors (Lipinski definition) is 6. The fourth-order valence-electron chi connectivity index (χ4n) is 3.06. The largest absolute Gasteiger partial charge is 0.544 e. The molecule has 7 heteroatoms. The molecule has 0 aromatic heterocycles. The first-order chi connectivity index (χ1) is 11.4. The van der Waals surface area contributed by atoms with Gasteiger partial charge in [-0.15, -0.1) is 0 Å². The summed E-state index contributed by atoms with van der Waals surface area (Å²) in [6.07, 6.45) is -0.212. The van der Waals surface area contributed by atoms with Crippen LogP contribution in [-0.2, 0) is 23.4 Å². The number of hydrogen-bond donors (Lipinski definition) is 1. The molecule has 0 unspecified atom stereocenters. The van der Waals surface area contributed by atoms with E-state index in [1.807, 2.05) is 0 Å². The SMILES string of the molecule is CCOC(=O)CC1=C(O[Si](C)(C)C(C)(C)C)[C@H]2O[C@H](OC)C[C@@]2(O)C1. The molecule has 6 nitrogen and oxygen atoms in total. The van der Waals surface area contributed by atoms with Crippen molar-refractivity contribution in [2.45, 2.75) is 83.1 Å². The van der Waals surface area contributed by atoms with E-state index in [2.05, 4.69) is 33.9 Å². The van der Waals surface area contributed by atoms with Gasteiger partial charge in [-0.05, 0) is 30.6 Å². The van der Waals surface area contributed by atoms with Gasteiger partial charge in [-0.25, -0.2) is 0 Å². The maximum atomic E-state index is 12.0. The lowest BCUT2D eigenvalue weighted by atomic mass is 9.95. The number of methoxy groups -OCH3 is 1. The Morgan fingerprint density at radius 3 is 2.56 bits per heavy atom. The van der Waals surface area contributed by atoms with Crippen LogP contribution in [0.2, 0.25) is 18.1 Å². The number of carbonyl (C=O) groups excluding carboxylic acids is 1. The van der Waals surface area contributed by atoms with Crippen molar-refractivity contribution >= 4 is 14.3 Å². The quantitative estimate of drug-likeness (QED) is 0.570. The van der Waals surface area contributed by atoms with Crippen molar-refractivity contribution in [3.63, 3.8) is 0 Å². The summed E-state index contributed by atoms with van der Waals surface area (Å²) in [5, 5.41) is 11.0. The summed E-state index contributed by atoms with van der Waals surface area (Å²) in [5.74, 6) is 0.308. The van der Waals surface area contributed by atoms with E-state index in [1.165, 1.54) is 0 Å². The first-order valence-corrected chi connectivity index (χ1v) is 11.8. The average Bonchev–Trinajstić information content (AvgIpc) is 2.90. The second-order valence-corrected chi connectivity index (χ2v) is 13.2. The standard InChI is InChI=1S/C18H32O6Si/c1-8-22-13(19)9-12-10-18(20)11-14(21-5)23-16(18)15(12)24-25(6,7)17(2,3)4/h14,16,20H,8-11H2,1-7H3/t14-,16+,18-/m0/s1. The number of esters is 1. The summed E-state index contributed by atoms with van der Waals surface area (Å²) in [6, 6.07) is 0. The van der Waals surface area contributed by atoms with Crippen molar-refractivity contribution in [3.8, 4) is 0 Å². The minimum Gasteiger partial charge on any atom is -0.544 e. The lowest BCUT2D eigenvalue weighted by molar-refractivity contribution is -0.142. The zero-order valence-corrected chi connectivity index (χ0v) is 17.5. The molecule has 1 N–H and O–H groups in total. The molecule has 0 saturated carbocycles. The van der Waals surface area contributed by atoms with Crippen LogP contribution in [0, 0.1) is 0 Å². The maximum Gasteiger partial charge on any atom is 0.310 e. The maximum absolute atomic E-state index is 12.0. The van der Waals surface area contributed by atoms with Crippen LogP contribution in [0.1, 0.15) is 47.0 Å². The van der Waals surface area contributed by atoms with Gasteiger partial charge in [-0.1, -0.05) is 20.8 Å². The van der Waals surface area contributed by atoms with Crippen molar-refractivity contribution in [2.24, 2.45) is 0 Å². The van der Waals surface area contributed by atoms with E-state index >= 15 is 0 Å². The molecule has 1 fully saturated rings. The molecule has 3 atom stereocenters. The van der Waals surface area contributed by atoms with Crippen LogP contribution >= 0.6 is 0 Å². The Kier molecular flexibility index (Phi) is 5.73. The van der Waals surface area contributed by atoms with Gasteiger partial charge in [0.1, 0.15) is 17.5 Å². The molecule has 144 valence electrons. The monoisotopic (exact) mass is 372 g/mol. The van der Waals surface area contributed by atoms with E-state index in [-0.39, 0.29) is 17.4 Å². The van der Waals surface area contributed by atoms with E-state index in [0.29, 0.717) is 25.2 Å². The Hall–Kier alpha value is -0.893. The average molecular weight is 373 g/mol. The van der Waals surface area contributed by atoms with Crippen LogP contribution in [0.3, 0.4) is 0 Å². The fraction of sp³-hybridized carbons (Fsp3) is 0.833. The third-order valence-electron chi connectivity index (χ3n) is 5.50. The number of carbonyl (C=O) groups is 1. The molecule has 1 heterocycles. The summed E-state index contributed by atoms with van der Waals surface area (Å²) < 4.78 is 22.7. The fourth-order valence-corrected chi connectivity index (χ4v) is 4.17.